The molecule has 2 heterocycles. The minimum atomic E-state index is -4.65. The standard InChI is InChI=1S/C17H18F3N3O2S/c1-10(14(24)21-9-11-5-4-8-25-11)26-15-12-6-2-3-7-13(12)22-16(23-15)17(18,19)20/h2-3,6-7,10-11H,4-5,8-9H2,1H3,(H,21,24). The van der Waals surface area contributed by atoms with E-state index in [0.717, 1.165) is 24.6 Å². The summed E-state index contributed by atoms with van der Waals surface area (Å²) in [4.78, 5) is 19.5. The van der Waals surface area contributed by atoms with Gasteiger partial charge in [0.2, 0.25) is 11.7 Å². The van der Waals surface area contributed by atoms with Crippen LogP contribution in [0.3, 0.4) is 0 Å². The van der Waals surface area contributed by atoms with E-state index in [1.54, 1.807) is 25.1 Å². The van der Waals surface area contributed by atoms with E-state index in [4.69, 9.17) is 4.74 Å². The van der Waals surface area contributed by atoms with Crippen molar-refractivity contribution < 1.29 is 22.7 Å². The number of alkyl halides is 3. The van der Waals surface area contributed by atoms with Gasteiger partial charge in [-0.3, -0.25) is 4.79 Å². The largest absolute Gasteiger partial charge is 0.451 e. The van der Waals surface area contributed by atoms with Gasteiger partial charge in [-0.05, 0) is 25.8 Å². The molecule has 1 fully saturated rings. The summed E-state index contributed by atoms with van der Waals surface area (Å²) in [7, 11) is 0. The van der Waals surface area contributed by atoms with Gasteiger partial charge in [-0.2, -0.15) is 13.2 Å². The first kappa shape index (κ1) is 18.9. The first-order valence-corrected chi connectivity index (χ1v) is 9.12. The maximum Gasteiger partial charge on any atom is 0.451 e. The molecule has 1 aromatic carbocycles. The summed E-state index contributed by atoms with van der Waals surface area (Å²) in [6.45, 7) is 2.74. The number of benzene rings is 1. The Hall–Kier alpha value is -1.87. The number of amides is 1. The zero-order valence-corrected chi connectivity index (χ0v) is 14.9. The average molecular weight is 385 g/mol. The topological polar surface area (TPSA) is 64.1 Å². The Morgan fingerprint density at radius 1 is 1.38 bits per heavy atom. The molecule has 140 valence electrons. The summed E-state index contributed by atoms with van der Waals surface area (Å²) in [5.41, 5.74) is 0.198. The Morgan fingerprint density at radius 3 is 2.85 bits per heavy atom. The van der Waals surface area contributed by atoms with E-state index in [9.17, 15) is 18.0 Å². The summed E-state index contributed by atoms with van der Waals surface area (Å²) in [6.07, 6.45) is -2.77. The highest BCUT2D eigenvalue weighted by Gasteiger charge is 2.36. The second-order valence-corrected chi connectivity index (χ2v) is 7.34. The van der Waals surface area contributed by atoms with Crippen molar-refractivity contribution in [2.45, 2.75) is 42.3 Å². The number of halogens is 3. The molecule has 0 radical (unpaired) electrons. The van der Waals surface area contributed by atoms with Crippen LogP contribution in [0.1, 0.15) is 25.6 Å². The van der Waals surface area contributed by atoms with Crippen LogP contribution in [0.5, 0.6) is 0 Å². The summed E-state index contributed by atoms with van der Waals surface area (Å²) >= 11 is 0.990. The molecule has 1 saturated heterocycles. The number of thioether (sulfide) groups is 1. The third-order valence-corrected chi connectivity index (χ3v) is 5.11. The van der Waals surface area contributed by atoms with Gasteiger partial charge in [-0.15, -0.1) is 0 Å². The molecule has 2 atom stereocenters. The van der Waals surface area contributed by atoms with Crippen LogP contribution in [0.2, 0.25) is 0 Å². The van der Waals surface area contributed by atoms with Gasteiger partial charge in [-0.1, -0.05) is 30.0 Å². The molecule has 0 bridgehead atoms. The third-order valence-electron chi connectivity index (χ3n) is 4.01. The fraction of sp³-hybridized carbons (Fsp3) is 0.471. The number of carbonyl (C=O) groups excluding carboxylic acids is 1. The Bertz CT molecular complexity index is 794. The van der Waals surface area contributed by atoms with Gasteiger partial charge in [0.1, 0.15) is 5.03 Å². The number of para-hydroxylation sites is 1. The highest BCUT2D eigenvalue weighted by molar-refractivity contribution is 8.00. The number of hydrogen-bond donors (Lipinski definition) is 1. The predicted octanol–water partition coefficient (Wildman–Crippen LogP) is 3.42. The summed E-state index contributed by atoms with van der Waals surface area (Å²) in [5.74, 6) is -1.47. The lowest BCUT2D eigenvalue weighted by atomic mass is 10.2. The monoisotopic (exact) mass is 385 g/mol. The van der Waals surface area contributed by atoms with Crippen LogP contribution >= 0.6 is 11.8 Å². The molecule has 1 aromatic heterocycles. The van der Waals surface area contributed by atoms with E-state index in [-0.39, 0.29) is 22.6 Å². The Labute approximate surface area is 152 Å². The number of nitrogens with one attached hydrogen (secondary N) is 1. The van der Waals surface area contributed by atoms with Gasteiger partial charge >= 0.3 is 6.18 Å². The minimum absolute atomic E-state index is 0.00728. The highest BCUT2D eigenvalue weighted by Crippen LogP contribution is 2.33. The zero-order chi connectivity index (χ0) is 18.7. The maximum absolute atomic E-state index is 13.1. The van der Waals surface area contributed by atoms with E-state index in [1.165, 1.54) is 6.07 Å². The summed E-state index contributed by atoms with van der Waals surface area (Å²) in [5, 5.41) is 2.82. The normalized spacial score (nSPS) is 18.8. The molecule has 2 aromatic rings. The summed E-state index contributed by atoms with van der Waals surface area (Å²) < 4.78 is 44.6. The van der Waals surface area contributed by atoms with Gasteiger partial charge in [0.15, 0.2) is 0 Å². The molecule has 3 rings (SSSR count). The second kappa shape index (κ2) is 7.79. The molecule has 5 nitrogen and oxygen atoms in total. The van der Waals surface area contributed by atoms with Gasteiger partial charge in [0.25, 0.3) is 0 Å². The van der Waals surface area contributed by atoms with Gasteiger partial charge in [0.05, 0.1) is 16.9 Å². The number of rotatable bonds is 5. The molecule has 1 aliphatic heterocycles. The molecule has 9 heteroatoms. The number of nitrogens with zero attached hydrogens (tertiary/aromatic N) is 2. The van der Waals surface area contributed by atoms with Crippen molar-refractivity contribution >= 4 is 28.6 Å². The van der Waals surface area contributed by atoms with Crippen LogP contribution < -0.4 is 5.32 Å². The maximum atomic E-state index is 13.1. The van der Waals surface area contributed by atoms with Crippen LogP contribution in [0.25, 0.3) is 10.9 Å². The lowest BCUT2D eigenvalue weighted by Crippen LogP contribution is -2.36. The van der Waals surface area contributed by atoms with E-state index in [1.807, 2.05) is 0 Å². The first-order chi connectivity index (χ1) is 12.3. The van der Waals surface area contributed by atoms with Crippen LogP contribution in [-0.4, -0.2) is 40.4 Å². The minimum Gasteiger partial charge on any atom is -0.376 e. The van der Waals surface area contributed by atoms with Crippen molar-refractivity contribution in [2.75, 3.05) is 13.2 Å². The summed E-state index contributed by atoms with van der Waals surface area (Å²) in [6, 6.07) is 6.46. The Morgan fingerprint density at radius 2 is 2.15 bits per heavy atom. The van der Waals surface area contributed by atoms with E-state index < -0.39 is 17.3 Å². The van der Waals surface area contributed by atoms with Gasteiger partial charge in [0, 0.05) is 18.5 Å². The highest BCUT2D eigenvalue weighted by atomic mass is 32.2. The Balaban J connectivity index is 1.77. The lowest BCUT2D eigenvalue weighted by Gasteiger charge is -2.16. The molecular formula is C17H18F3N3O2S. The van der Waals surface area contributed by atoms with Crippen LogP contribution in [0.15, 0.2) is 29.3 Å². The SMILES string of the molecule is CC(Sc1nc(C(F)(F)F)nc2ccccc12)C(=O)NCC1CCCO1. The number of fused-ring (bicyclic) bond motifs is 1. The van der Waals surface area contributed by atoms with Crippen LogP contribution in [0.4, 0.5) is 13.2 Å². The first-order valence-electron chi connectivity index (χ1n) is 8.24. The van der Waals surface area contributed by atoms with E-state index in [2.05, 4.69) is 15.3 Å². The predicted molar refractivity (Wildman–Crippen MR) is 91.8 cm³/mol. The molecule has 1 amide bonds. The van der Waals surface area contributed by atoms with Crippen molar-refractivity contribution in [2.24, 2.45) is 0 Å². The second-order valence-electron chi connectivity index (χ2n) is 6.01. The zero-order valence-electron chi connectivity index (χ0n) is 14.0. The van der Waals surface area contributed by atoms with Crippen LogP contribution in [-0.2, 0) is 15.7 Å². The number of carbonyl (C=O) groups is 1. The fourth-order valence-corrected chi connectivity index (χ4v) is 3.61. The molecule has 0 saturated carbocycles. The molecule has 1 aliphatic rings. The van der Waals surface area contributed by atoms with E-state index >= 15 is 0 Å². The molecule has 0 spiro atoms. The number of hydrogen-bond acceptors (Lipinski definition) is 5. The molecule has 26 heavy (non-hydrogen) atoms. The molecule has 2 unspecified atom stereocenters. The van der Waals surface area contributed by atoms with Crippen LogP contribution in [0, 0.1) is 0 Å². The lowest BCUT2D eigenvalue weighted by molar-refractivity contribution is -0.145. The smallest absolute Gasteiger partial charge is 0.376 e. The molecule has 0 aliphatic carbocycles. The van der Waals surface area contributed by atoms with Gasteiger partial charge in [-0.25, -0.2) is 9.97 Å². The van der Waals surface area contributed by atoms with Crippen molar-refractivity contribution in [1.82, 2.24) is 15.3 Å². The molecular weight excluding hydrogens is 367 g/mol. The van der Waals surface area contributed by atoms with Crippen molar-refractivity contribution in [3.8, 4) is 0 Å². The third kappa shape index (κ3) is 4.45. The number of ether oxygens (including phenoxy) is 1. The molecule has 1 N–H and O–H groups in total. The average Bonchev–Trinajstić information content (AvgIpc) is 3.12. The van der Waals surface area contributed by atoms with Crippen molar-refractivity contribution in [3.63, 3.8) is 0 Å². The quantitative estimate of drug-likeness (QED) is 0.631. The van der Waals surface area contributed by atoms with Crippen molar-refractivity contribution in [1.29, 1.82) is 0 Å². The van der Waals surface area contributed by atoms with Gasteiger partial charge < -0.3 is 10.1 Å². The van der Waals surface area contributed by atoms with Crippen molar-refractivity contribution in [3.05, 3.63) is 30.1 Å². The fourth-order valence-electron chi connectivity index (χ4n) is 2.65. The van der Waals surface area contributed by atoms with E-state index in [0.29, 0.717) is 18.5 Å². The Kier molecular flexibility index (Phi) is 5.67. The number of aromatic nitrogens is 2.